The van der Waals surface area contributed by atoms with E-state index >= 15 is 0 Å². The van der Waals surface area contributed by atoms with E-state index in [4.69, 9.17) is 4.98 Å². The molecule has 0 N–H and O–H groups in total. The molecule has 140 valence electrons. The maximum Gasteiger partial charge on any atom is 0.260 e. The Morgan fingerprint density at radius 1 is 1.04 bits per heavy atom. The van der Waals surface area contributed by atoms with Crippen LogP contribution in [0, 0.1) is 0 Å². The number of fused-ring (bicyclic) bond motifs is 2. The van der Waals surface area contributed by atoms with Crippen molar-refractivity contribution in [1.29, 1.82) is 0 Å². The molecule has 1 fully saturated rings. The van der Waals surface area contributed by atoms with E-state index in [1.807, 2.05) is 29.5 Å². The minimum Gasteiger partial charge on any atom is -0.368 e. The molecule has 0 spiro atoms. The molecule has 0 bridgehead atoms. The number of aryl methyl sites for hydroxylation is 3. The number of anilines is 2. The van der Waals surface area contributed by atoms with E-state index in [0.29, 0.717) is 5.39 Å². The second-order valence-corrected chi connectivity index (χ2v) is 8.47. The number of nitrogens with zero attached hydrogens (tertiary/aromatic N) is 5. The van der Waals surface area contributed by atoms with Crippen molar-refractivity contribution in [2.45, 2.75) is 25.7 Å². The van der Waals surface area contributed by atoms with Crippen molar-refractivity contribution in [3.63, 3.8) is 0 Å². The number of piperazine rings is 1. The first-order chi connectivity index (χ1) is 13.2. The van der Waals surface area contributed by atoms with Gasteiger partial charge >= 0.3 is 0 Å². The number of rotatable bonds is 2. The Hall–Kier alpha value is -2.41. The Balaban J connectivity index is 1.33. The van der Waals surface area contributed by atoms with Crippen LogP contribution in [0.25, 0.3) is 10.9 Å². The van der Waals surface area contributed by atoms with Gasteiger partial charge in [0.25, 0.3) is 5.56 Å². The molecule has 1 aromatic carbocycles. The van der Waals surface area contributed by atoms with Crippen LogP contribution in [0.2, 0.25) is 0 Å². The van der Waals surface area contributed by atoms with Crippen LogP contribution in [0.4, 0.5) is 10.8 Å². The third kappa shape index (κ3) is 3.00. The minimum atomic E-state index is 0.00380. The number of hydrogen-bond acceptors (Lipinski definition) is 6. The van der Waals surface area contributed by atoms with Crippen molar-refractivity contribution in [2.24, 2.45) is 7.05 Å². The lowest BCUT2D eigenvalue weighted by molar-refractivity contribution is 0.647. The summed E-state index contributed by atoms with van der Waals surface area (Å²) >= 11 is 1.89. The van der Waals surface area contributed by atoms with Crippen molar-refractivity contribution in [2.75, 3.05) is 36.0 Å². The van der Waals surface area contributed by atoms with Gasteiger partial charge in [0.05, 0.1) is 22.9 Å². The largest absolute Gasteiger partial charge is 0.368 e. The zero-order valence-electron chi connectivity index (χ0n) is 15.5. The van der Waals surface area contributed by atoms with E-state index in [9.17, 15) is 4.79 Å². The highest BCUT2D eigenvalue weighted by Gasteiger charge is 2.23. The minimum absolute atomic E-state index is 0.00380. The standard InChI is InChI=1S/C20H23N5OS/c1-23-13-21-17-12-14(6-7-15(17)19(23)26)24-8-10-25(11-9-24)20-22-16-4-2-3-5-18(16)27-20/h6-7,12-13H,2-5,8-11H2,1H3. The molecule has 0 radical (unpaired) electrons. The average molecular weight is 382 g/mol. The molecule has 0 amide bonds. The molecule has 7 heteroatoms. The zero-order valence-corrected chi connectivity index (χ0v) is 16.3. The summed E-state index contributed by atoms with van der Waals surface area (Å²) in [6.45, 7) is 3.88. The van der Waals surface area contributed by atoms with Gasteiger partial charge in [-0.2, -0.15) is 0 Å². The van der Waals surface area contributed by atoms with Crippen molar-refractivity contribution in [3.8, 4) is 0 Å². The molecule has 3 heterocycles. The summed E-state index contributed by atoms with van der Waals surface area (Å²) in [5.41, 5.74) is 3.25. The van der Waals surface area contributed by atoms with Gasteiger partial charge in [-0.05, 0) is 43.9 Å². The molecule has 27 heavy (non-hydrogen) atoms. The van der Waals surface area contributed by atoms with Gasteiger partial charge in [0.15, 0.2) is 5.13 Å². The number of hydrogen-bond donors (Lipinski definition) is 0. The van der Waals surface area contributed by atoms with Gasteiger partial charge in [-0.15, -0.1) is 11.3 Å². The molecule has 1 aliphatic carbocycles. The summed E-state index contributed by atoms with van der Waals surface area (Å²) in [7, 11) is 1.73. The van der Waals surface area contributed by atoms with Crippen LogP contribution in [-0.4, -0.2) is 40.7 Å². The lowest BCUT2D eigenvalue weighted by Gasteiger charge is -2.36. The zero-order chi connectivity index (χ0) is 18.4. The Morgan fingerprint density at radius 3 is 2.63 bits per heavy atom. The van der Waals surface area contributed by atoms with Gasteiger partial charge in [0.2, 0.25) is 0 Å². The Kier molecular flexibility index (Phi) is 4.11. The maximum absolute atomic E-state index is 12.2. The molecule has 2 aliphatic rings. The number of aromatic nitrogens is 3. The summed E-state index contributed by atoms with van der Waals surface area (Å²) in [4.78, 5) is 27.8. The van der Waals surface area contributed by atoms with E-state index in [1.54, 1.807) is 13.4 Å². The van der Waals surface area contributed by atoms with Crippen LogP contribution >= 0.6 is 11.3 Å². The van der Waals surface area contributed by atoms with Crippen LogP contribution in [0.1, 0.15) is 23.4 Å². The van der Waals surface area contributed by atoms with Crippen molar-refractivity contribution >= 4 is 33.1 Å². The summed E-state index contributed by atoms with van der Waals surface area (Å²) in [5.74, 6) is 0. The predicted octanol–water partition coefficient (Wildman–Crippen LogP) is 2.60. The number of thiazole rings is 1. The molecule has 0 atom stereocenters. The van der Waals surface area contributed by atoms with Crippen molar-refractivity contribution in [1.82, 2.24) is 14.5 Å². The van der Waals surface area contributed by atoms with Crippen molar-refractivity contribution in [3.05, 3.63) is 45.5 Å². The Labute approximate surface area is 162 Å². The quantitative estimate of drug-likeness (QED) is 0.683. The van der Waals surface area contributed by atoms with Crippen LogP contribution in [0.5, 0.6) is 0 Å². The summed E-state index contributed by atoms with van der Waals surface area (Å²) in [5, 5.41) is 1.88. The first kappa shape index (κ1) is 16.7. The lowest BCUT2D eigenvalue weighted by atomic mass is 10.0. The van der Waals surface area contributed by atoms with Gasteiger partial charge in [-0.3, -0.25) is 4.79 Å². The van der Waals surface area contributed by atoms with E-state index in [1.165, 1.54) is 39.5 Å². The molecular formula is C20H23N5OS. The Bertz CT molecular complexity index is 1020. The van der Waals surface area contributed by atoms with Gasteiger partial charge in [0, 0.05) is 43.8 Å². The van der Waals surface area contributed by atoms with Gasteiger partial charge < -0.3 is 14.4 Å². The smallest absolute Gasteiger partial charge is 0.260 e. The second-order valence-electron chi connectivity index (χ2n) is 7.41. The first-order valence-electron chi connectivity index (χ1n) is 9.63. The third-order valence-corrected chi connectivity index (χ3v) is 6.87. The maximum atomic E-state index is 12.2. The highest BCUT2D eigenvalue weighted by Crippen LogP contribution is 2.32. The predicted molar refractivity (Wildman–Crippen MR) is 110 cm³/mol. The first-order valence-corrected chi connectivity index (χ1v) is 10.4. The SMILES string of the molecule is Cn1cnc2cc(N3CCN(c4nc5c(s4)CCCC5)CC3)ccc2c1=O. The average Bonchev–Trinajstić information content (AvgIpc) is 3.15. The molecule has 1 saturated heterocycles. The van der Waals surface area contributed by atoms with E-state index in [2.05, 4.69) is 14.8 Å². The molecule has 0 saturated carbocycles. The molecule has 0 unspecified atom stereocenters. The van der Waals surface area contributed by atoms with Gasteiger partial charge in [0.1, 0.15) is 0 Å². The molecule has 1 aliphatic heterocycles. The van der Waals surface area contributed by atoms with Gasteiger partial charge in [-0.25, -0.2) is 9.97 Å². The highest BCUT2D eigenvalue weighted by molar-refractivity contribution is 7.15. The van der Waals surface area contributed by atoms with Crippen LogP contribution in [0.15, 0.2) is 29.3 Å². The fourth-order valence-electron chi connectivity index (χ4n) is 4.03. The monoisotopic (exact) mass is 381 g/mol. The Morgan fingerprint density at radius 2 is 1.81 bits per heavy atom. The molecule has 3 aromatic rings. The second kappa shape index (κ2) is 6.64. The van der Waals surface area contributed by atoms with Crippen LogP contribution in [0.3, 0.4) is 0 Å². The fourth-order valence-corrected chi connectivity index (χ4v) is 5.23. The van der Waals surface area contributed by atoms with E-state index < -0.39 is 0 Å². The molecule has 6 nitrogen and oxygen atoms in total. The summed E-state index contributed by atoms with van der Waals surface area (Å²) in [6, 6.07) is 5.99. The molecule has 2 aromatic heterocycles. The van der Waals surface area contributed by atoms with E-state index in [0.717, 1.165) is 43.8 Å². The van der Waals surface area contributed by atoms with Crippen LogP contribution < -0.4 is 15.4 Å². The number of benzene rings is 1. The molecule has 5 rings (SSSR count). The highest BCUT2D eigenvalue weighted by atomic mass is 32.1. The van der Waals surface area contributed by atoms with Crippen LogP contribution in [-0.2, 0) is 19.9 Å². The van der Waals surface area contributed by atoms with Gasteiger partial charge in [-0.1, -0.05) is 0 Å². The normalized spacial score (nSPS) is 17.4. The van der Waals surface area contributed by atoms with E-state index in [-0.39, 0.29) is 5.56 Å². The third-order valence-electron chi connectivity index (χ3n) is 5.65. The van der Waals surface area contributed by atoms with Crippen molar-refractivity contribution < 1.29 is 0 Å². The fraction of sp³-hybridized carbons (Fsp3) is 0.450. The lowest BCUT2D eigenvalue weighted by Crippen LogP contribution is -2.46. The summed E-state index contributed by atoms with van der Waals surface area (Å²) < 4.78 is 1.52. The topological polar surface area (TPSA) is 54.3 Å². The molecular weight excluding hydrogens is 358 g/mol. The summed E-state index contributed by atoms with van der Waals surface area (Å²) in [6.07, 6.45) is 6.53.